The maximum atomic E-state index is 12.7. The Morgan fingerprint density at radius 3 is 2.45 bits per heavy atom. The number of likely N-dealkylation sites (tertiary alicyclic amines) is 2. The highest BCUT2D eigenvalue weighted by molar-refractivity contribution is 5.94. The van der Waals surface area contributed by atoms with Crippen LogP contribution in [0.5, 0.6) is 5.75 Å². The van der Waals surface area contributed by atoms with Crippen LogP contribution in [-0.4, -0.2) is 65.8 Å². The van der Waals surface area contributed by atoms with Crippen LogP contribution in [0.1, 0.15) is 50.4 Å². The molecule has 3 rings (SSSR count). The molecule has 1 N–H and O–H groups in total. The van der Waals surface area contributed by atoms with E-state index >= 15 is 0 Å². The summed E-state index contributed by atoms with van der Waals surface area (Å²) in [6.45, 7) is 7.62. The molecule has 2 aliphatic rings. The van der Waals surface area contributed by atoms with Gasteiger partial charge >= 0.3 is 0 Å². The predicted molar refractivity (Wildman–Crippen MR) is 110 cm³/mol. The van der Waals surface area contributed by atoms with Gasteiger partial charge in [0.1, 0.15) is 5.75 Å². The van der Waals surface area contributed by atoms with E-state index in [2.05, 4.69) is 5.32 Å². The molecule has 3 amide bonds. The average Bonchev–Trinajstić information content (AvgIpc) is 3.10. The highest BCUT2D eigenvalue weighted by atomic mass is 16.5. The second kappa shape index (κ2) is 8.43. The molecule has 2 fully saturated rings. The zero-order valence-electron chi connectivity index (χ0n) is 17.7. The molecule has 0 aliphatic carbocycles. The largest absolute Gasteiger partial charge is 0.497 e. The Kier molecular flexibility index (Phi) is 6.15. The van der Waals surface area contributed by atoms with E-state index in [-0.39, 0.29) is 41.6 Å². The van der Waals surface area contributed by atoms with Gasteiger partial charge in [-0.1, -0.05) is 6.07 Å². The zero-order valence-corrected chi connectivity index (χ0v) is 17.7. The number of carbonyl (C=O) groups is 3. The fourth-order valence-corrected chi connectivity index (χ4v) is 4.02. The number of amides is 3. The summed E-state index contributed by atoms with van der Waals surface area (Å²) in [4.78, 5) is 41.2. The number of nitrogens with one attached hydrogen (secondary N) is 1. The van der Waals surface area contributed by atoms with Gasteiger partial charge in [-0.2, -0.15) is 0 Å². The summed E-state index contributed by atoms with van der Waals surface area (Å²) in [6, 6.07) is 7.19. The van der Waals surface area contributed by atoms with Crippen LogP contribution in [0.2, 0.25) is 0 Å². The van der Waals surface area contributed by atoms with E-state index in [0.29, 0.717) is 43.8 Å². The molecule has 0 bridgehead atoms. The minimum Gasteiger partial charge on any atom is -0.497 e. The van der Waals surface area contributed by atoms with Crippen LogP contribution in [0.25, 0.3) is 0 Å². The molecule has 0 spiro atoms. The van der Waals surface area contributed by atoms with Crippen molar-refractivity contribution in [1.82, 2.24) is 15.1 Å². The third-order valence-electron chi connectivity index (χ3n) is 5.75. The number of methoxy groups -OCH3 is 1. The fraction of sp³-hybridized carbons (Fsp3) is 0.591. The van der Waals surface area contributed by atoms with Crippen LogP contribution < -0.4 is 10.1 Å². The van der Waals surface area contributed by atoms with Crippen LogP contribution >= 0.6 is 0 Å². The Labute approximate surface area is 172 Å². The summed E-state index contributed by atoms with van der Waals surface area (Å²) in [6.07, 6.45) is 1.70. The van der Waals surface area contributed by atoms with Crippen molar-refractivity contribution in [2.24, 2.45) is 5.92 Å². The highest BCUT2D eigenvalue weighted by Gasteiger charge is 2.40. The molecule has 0 radical (unpaired) electrons. The molecule has 2 heterocycles. The van der Waals surface area contributed by atoms with Gasteiger partial charge in [-0.3, -0.25) is 14.4 Å². The molecule has 2 aliphatic heterocycles. The maximum Gasteiger partial charge on any atom is 0.253 e. The quantitative estimate of drug-likeness (QED) is 0.838. The molecule has 0 saturated carbocycles. The van der Waals surface area contributed by atoms with E-state index < -0.39 is 0 Å². The third-order valence-corrected chi connectivity index (χ3v) is 5.75. The maximum absolute atomic E-state index is 12.7. The third kappa shape index (κ3) is 4.89. The van der Waals surface area contributed by atoms with E-state index in [1.54, 1.807) is 24.1 Å². The molecule has 1 atom stereocenters. The first-order valence-corrected chi connectivity index (χ1v) is 10.2. The molecule has 1 aromatic carbocycles. The summed E-state index contributed by atoms with van der Waals surface area (Å²) >= 11 is 0. The second-order valence-corrected chi connectivity index (χ2v) is 8.88. The van der Waals surface area contributed by atoms with E-state index in [0.717, 1.165) is 0 Å². The number of carbonyl (C=O) groups excluding carboxylic acids is 3. The van der Waals surface area contributed by atoms with Gasteiger partial charge in [0.05, 0.1) is 13.0 Å². The van der Waals surface area contributed by atoms with Gasteiger partial charge < -0.3 is 19.9 Å². The Hall–Kier alpha value is -2.57. The lowest BCUT2D eigenvalue weighted by Crippen LogP contribution is -2.48. The average molecular weight is 402 g/mol. The minimum absolute atomic E-state index is 0.0177. The second-order valence-electron chi connectivity index (χ2n) is 8.88. The lowest BCUT2D eigenvalue weighted by molar-refractivity contribution is -0.132. The van der Waals surface area contributed by atoms with E-state index in [1.165, 1.54) is 0 Å². The lowest BCUT2D eigenvalue weighted by atomic mass is 10.0. The Bertz CT molecular complexity index is 779. The van der Waals surface area contributed by atoms with Gasteiger partial charge in [0.25, 0.3) is 5.91 Å². The smallest absolute Gasteiger partial charge is 0.253 e. The summed E-state index contributed by atoms with van der Waals surface area (Å²) in [5.41, 5.74) is 0.344. The van der Waals surface area contributed by atoms with E-state index in [9.17, 15) is 14.4 Å². The number of rotatable bonds is 4. The molecule has 1 unspecified atom stereocenters. The summed E-state index contributed by atoms with van der Waals surface area (Å²) in [7, 11) is 1.58. The van der Waals surface area contributed by atoms with Gasteiger partial charge in [-0.25, -0.2) is 0 Å². The van der Waals surface area contributed by atoms with Crippen LogP contribution in [0.4, 0.5) is 0 Å². The van der Waals surface area contributed by atoms with Crippen molar-refractivity contribution in [1.29, 1.82) is 0 Å². The standard InChI is InChI=1S/C22H31N3O4/c1-22(2,3)25-14-16(13-19(25)26)20(27)23-17-8-10-24(11-9-17)21(28)15-6-5-7-18(12-15)29-4/h5-7,12,16-17H,8-11,13-14H2,1-4H3,(H,23,27). The first-order chi connectivity index (χ1) is 13.7. The normalized spacial score (nSPS) is 20.7. The molecular weight excluding hydrogens is 370 g/mol. The van der Waals surface area contributed by atoms with Crippen molar-refractivity contribution in [2.45, 2.75) is 51.6 Å². The van der Waals surface area contributed by atoms with Crippen LogP contribution in [0.15, 0.2) is 24.3 Å². The number of ether oxygens (including phenoxy) is 1. The predicted octanol–water partition coefficient (Wildman–Crippen LogP) is 2.06. The van der Waals surface area contributed by atoms with Crippen LogP contribution in [-0.2, 0) is 9.59 Å². The number of hydrogen-bond donors (Lipinski definition) is 1. The highest BCUT2D eigenvalue weighted by Crippen LogP contribution is 2.26. The molecule has 7 heteroatoms. The van der Waals surface area contributed by atoms with Gasteiger partial charge in [-0.15, -0.1) is 0 Å². The number of benzene rings is 1. The number of hydrogen-bond acceptors (Lipinski definition) is 4. The lowest BCUT2D eigenvalue weighted by Gasteiger charge is -2.33. The van der Waals surface area contributed by atoms with E-state index in [1.807, 2.05) is 37.8 Å². The number of piperidine rings is 1. The van der Waals surface area contributed by atoms with Crippen molar-refractivity contribution in [2.75, 3.05) is 26.7 Å². The molecule has 7 nitrogen and oxygen atoms in total. The number of nitrogens with zero attached hydrogens (tertiary/aromatic N) is 2. The molecule has 2 saturated heterocycles. The van der Waals surface area contributed by atoms with Gasteiger partial charge in [0, 0.05) is 43.2 Å². The fourth-order valence-electron chi connectivity index (χ4n) is 4.02. The van der Waals surface area contributed by atoms with Crippen molar-refractivity contribution in [3.63, 3.8) is 0 Å². The molecule has 1 aromatic rings. The van der Waals surface area contributed by atoms with Crippen LogP contribution in [0, 0.1) is 5.92 Å². The first kappa shape index (κ1) is 21.1. The summed E-state index contributed by atoms with van der Waals surface area (Å²) in [5, 5.41) is 3.10. The summed E-state index contributed by atoms with van der Waals surface area (Å²) < 4.78 is 5.19. The molecule has 0 aromatic heterocycles. The zero-order chi connectivity index (χ0) is 21.2. The molecular formula is C22H31N3O4. The first-order valence-electron chi connectivity index (χ1n) is 10.2. The van der Waals surface area contributed by atoms with Crippen molar-refractivity contribution in [3.05, 3.63) is 29.8 Å². The van der Waals surface area contributed by atoms with E-state index in [4.69, 9.17) is 4.74 Å². The SMILES string of the molecule is COc1cccc(C(=O)N2CCC(NC(=O)C3CC(=O)N(C(C)(C)C)C3)CC2)c1. The van der Waals surface area contributed by atoms with Gasteiger partial charge in [-0.05, 0) is 51.8 Å². The van der Waals surface area contributed by atoms with Crippen molar-refractivity contribution >= 4 is 17.7 Å². The topological polar surface area (TPSA) is 79.0 Å². The minimum atomic E-state index is -0.293. The Morgan fingerprint density at radius 1 is 1.17 bits per heavy atom. The van der Waals surface area contributed by atoms with Crippen molar-refractivity contribution in [3.8, 4) is 5.75 Å². The molecule has 29 heavy (non-hydrogen) atoms. The van der Waals surface area contributed by atoms with Gasteiger partial charge in [0.15, 0.2) is 0 Å². The Balaban J connectivity index is 1.50. The van der Waals surface area contributed by atoms with Crippen LogP contribution in [0.3, 0.4) is 0 Å². The molecule has 158 valence electrons. The monoisotopic (exact) mass is 401 g/mol. The summed E-state index contributed by atoms with van der Waals surface area (Å²) in [5.74, 6) is 0.335. The van der Waals surface area contributed by atoms with Crippen molar-refractivity contribution < 1.29 is 19.1 Å². The Morgan fingerprint density at radius 2 is 1.86 bits per heavy atom. The van der Waals surface area contributed by atoms with Gasteiger partial charge in [0.2, 0.25) is 11.8 Å².